The number of ether oxygens (including phenoxy) is 2. The summed E-state index contributed by atoms with van der Waals surface area (Å²) in [5, 5.41) is 0. The molecule has 1 heterocycles. The van der Waals surface area contributed by atoms with Crippen molar-refractivity contribution in [2.75, 3.05) is 6.61 Å². The molecule has 0 N–H and O–H groups in total. The van der Waals surface area contributed by atoms with Gasteiger partial charge in [0.2, 0.25) is 0 Å². The Morgan fingerprint density at radius 1 is 1.00 bits per heavy atom. The van der Waals surface area contributed by atoms with Gasteiger partial charge >= 0.3 is 147 Å². The zero-order valence-electron chi connectivity index (χ0n) is 13.7. The Morgan fingerprint density at radius 3 is 2.21 bits per heavy atom. The van der Waals surface area contributed by atoms with Gasteiger partial charge < -0.3 is 0 Å². The van der Waals surface area contributed by atoms with Crippen LogP contribution in [0.1, 0.15) is 19.4 Å². The minimum absolute atomic E-state index is 0.319. The number of hydrogen-bond donors (Lipinski definition) is 0. The molecule has 5 heteroatoms. The first-order valence-electron chi connectivity index (χ1n) is 7.35. The van der Waals surface area contributed by atoms with Crippen LogP contribution < -0.4 is 4.74 Å². The number of rotatable bonds is 6. The summed E-state index contributed by atoms with van der Waals surface area (Å²) in [7, 11) is 0. The van der Waals surface area contributed by atoms with Crippen LogP contribution in [0.15, 0.2) is 65.2 Å². The molecule has 0 atom stereocenters. The first-order valence-corrected chi connectivity index (χ1v) is 9.45. The Morgan fingerprint density at radius 2 is 1.62 bits per heavy atom. The van der Waals surface area contributed by atoms with E-state index in [1.54, 1.807) is 26.0 Å². The fourth-order valence-electron chi connectivity index (χ4n) is 1.86. The van der Waals surface area contributed by atoms with Crippen LogP contribution >= 0.6 is 0 Å². The van der Waals surface area contributed by atoms with Crippen LogP contribution in [0.5, 0.6) is 5.75 Å². The molecule has 1 aromatic rings. The van der Waals surface area contributed by atoms with Crippen LogP contribution in [0.3, 0.4) is 0 Å². The maximum atomic E-state index is 11.5. The normalized spacial score (nSPS) is 14.6. The molecule has 1 aliphatic rings. The maximum absolute atomic E-state index is 11.5. The third-order valence-corrected chi connectivity index (χ3v) is 6.02. The topological polar surface area (TPSA) is 52.6 Å². The third-order valence-electron chi connectivity index (χ3n) is 3.18. The standard InChI is InChI=1S/C19H20O4Se/c1-12(2)18(20)22-11-16-9-10-17(24-16)14-5-7-15(8-6-14)23-19(21)13(3)4/h5-10H,1,3,11,24H2,2,4H3. The van der Waals surface area contributed by atoms with Crippen LogP contribution in [0.2, 0.25) is 0 Å². The molecule has 1 aliphatic heterocycles. The average molecular weight is 391 g/mol. The van der Waals surface area contributed by atoms with Crippen LogP contribution in [0, 0.1) is 0 Å². The predicted molar refractivity (Wildman–Crippen MR) is 97.3 cm³/mol. The molecule has 0 bridgehead atoms. The van der Waals surface area contributed by atoms with Crippen molar-refractivity contribution in [3.05, 3.63) is 70.8 Å². The fourth-order valence-corrected chi connectivity index (χ4v) is 4.24. The zero-order valence-corrected chi connectivity index (χ0v) is 15.8. The summed E-state index contributed by atoms with van der Waals surface area (Å²) in [6.07, 6.45) is 4.06. The van der Waals surface area contributed by atoms with Gasteiger partial charge in [-0.3, -0.25) is 0 Å². The van der Waals surface area contributed by atoms with Crippen molar-refractivity contribution in [2.45, 2.75) is 13.8 Å². The van der Waals surface area contributed by atoms with E-state index in [1.807, 2.05) is 18.2 Å². The van der Waals surface area contributed by atoms with E-state index < -0.39 is 20.9 Å². The van der Waals surface area contributed by atoms with Gasteiger partial charge in [-0.1, -0.05) is 0 Å². The van der Waals surface area contributed by atoms with Gasteiger partial charge in [-0.2, -0.15) is 0 Å². The van der Waals surface area contributed by atoms with Crippen molar-refractivity contribution in [1.29, 1.82) is 0 Å². The van der Waals surface area contributed by atoms with Gasteiger partial charge in [-0.25, -0.2) is 0 Å². The van der Waals surface area contributed by atoms with Crippen molar-refractivity contribution in [3.8, 4) is 5.75 Å². The summed E-state index contributed by atoms with van der Waals surface area (Å²) in [6, 6.07) is 7.38. The van der Waals surface area contributed by atoms with Gasteiger partial charge in [0.05, 0.1) is 0 Å². The number of benzene rings is 1. The molecule has 1 aromatic carbocycles. The van der Waals surface area contributed by atoms with E-state index in [1.165, 1.54) is 4.47 Å². The van der Waals surface area contributed by atoms with Gasteiger partial charge in [0.1, 0.15) is 0 Å². The number of hydrogen-bond acceptors (Lipinski definition) is 4. The first-order chi connectivity index (χ1) is 11.4. The van der Waals surface area contributed by atoms with Gasteiger partial charge in [-0.05, 0) is 0 Å². The van der Waals surface area contributed by atoms with Crippen LogP contribution in [-0.2, 0) is 14.3 Å². The van der Waals surface area contributed by atoms with Crippen molar-refractivity contribution < 1.29 is 19.1 Å². The number of esters is 2. The molecule has 0 saturated heterocycles. The SMILES string of the molecule is C=C(C)C(=O)OCC1=CC=C(c2ccc(OC(=O)C(=C)C)cc2)[SeH2]1. The van der Waals surface area contributed by atoms with Crippen LogP contribution in [0.4, 0.5) is 0 Å². The molecule has 0 saturated carbocycles. The third kappa shape index (κ3) is 4.82. The summed E-state index contributed by atoms with van der Waals surface area (Å²) >= 11 is -0.512. The van der Waals surface area contributed by atoms with E-state index in [-0.39, 0.29) is 5.97 Å². The second-order valence-corrected chi connectivity index (χ2v) is 8.45. The molecule has 0 aromatic heterocycles. The summed E-state index contributed by atoms with van der Waals surface area (Å²) in [6.45, 7) is 10.7. The van der Waals surface area contributed by atoms with Gasteiger partial charge in [-0.15, -0.1) is 0 Å². The summed E-state index contributed by atoms with van der Waals surface area (Å²) in [4.78, 5) is 22.9. The number of carbonyl (C=O) groups excluding carboxylic acids is 2. The molecule has 0 aliphatic carbocycles. The summed E-state index contributed by atoms with van der Waals surface area (Å²) in [5.74, 6) is -0.298. The van der Waals surface area contributed by atoms with Crippen molar-refractivity contribution >= 4 is 31.4 Å². The summed E-state index contributed by atoms with van der Waals surface area (Å²) in [5.41, 5.74) is 1.85. The van der Waals surface area contributed by atoms with Gasteiger partial charge in [0.15, 0.2) is 0 Å². The Labute approximate surface area is 147 Å². The van der Waals surface area contributed by atoms with E-state index in [9.17, 15) is 9.59 Å². The monoisotopic (exact) mass is 392 g/mol. The van der Waals surface area contributed by atoms with E-state index in [4.69, 9.17) is 9.47 Å². The molecule has 0 radical (unpaired) electrons. The molecule has 4 nitrogen and oxygen atoms in total. The second kappa shape index (κ2) is 7.95. The van der Waals surface area contributed by atoms with Gasteiger partial charge in [0, 0.05) is 0 Å². The second-order valence-electron chi connectivity index (χ2n) is 5.45. The predicted octanol–water partition coefficient (Wildman–Crippen LogP) is 2.69. The average Bonchev–Trinajstić information content (AvgIpc) is 3.02. The molecular formula is C19H20O4Se. The molecule has 2 rings (SSSR count). The molecule has 0 unspecified atom stereocenters. The van der Waals surface area contributed by atoms with Crippen molar-refractivity contribution in [1.82, 2.24) is 0 Å². The molecule has 126 valence electrons. The minimum atomic E-state index is -0.512. The Hall–Kier alpha value is -2.36. The molecule has 0 spiro atoms. The number of carbonyl (C=O) groups is 2. The molecule has 24 heavy (non-hydrogen) atoms. The number of allylic oxidation sites excluding steroid dienone is 2. The van der Waals surface area contributed by atoms with Crippen molar-refractivity contribution in [3.63, 3.8) is 0 Å². The van der Waals surface area contributed by atoms with Crippen LogP contribution in [-0.4, -0.2) is 33.5 Å². The first kappa shape index (κ1) is 18.0. The Kier molecular flexibility index (Phi) is 5.96. The van der Waals surface area contributed by atoms with Crippen LogP contribution in [0.25, 0.3) is 4.47 Å². The molecule has 0 amide bonds. The summed E-state index contributed by atoms with van der Waals surface area (Å²) < 4.78 is 12.8. The molecule has 0 fully saturated rings. The van der Waals surface area contributed by atoms with E-state index >= 15 is 0 Å². The van der Waals surface area contributed by atoms with E-state index in [0.29, 0.717) is 23.5 Å². The Balaban J connectivity index is 1.90. The Bertz CT molecular complexity index is 754. The fraction of sp³-hybridized carbons (Fsp3) is 0.158. The molecular weight excluding hydrogens is 371 g/mol. The quantitative estimate of drug-likeness (QED) is 0.324. The van der Waals surface area contributed by atoms with Gasteiger partial charge in [0.25, 0.3) is 0 Å². The van der Waals surface area contributed by atoms with E-state index in [2.05, 4.69) is 19.2 Å². The van der Waals surface area contributed by atoms with Crippen molar-refractivity contribution in [2.24, 2.45) is 0 Å². The van der Waals surface area contributed by atoms with E-state index in [0.717, 1.165) is 10.0 Å². The zero-order chi connectivity index (χ0) is 17.7.